The molecule has 0 spiro atoms. The number of rotatable bonds is 3. The van der Waals surface area contributed by atoms with Gasteiger partial charge in [-0.15, -0.1) is 0 Å². The van der Waals surface area contributed by atoms with Gasteiger partial charge in [0.15, 0.2) is 0 Å². The molecule has 2 atom stereocenters. The Balaban J connectivity index is 2.22. The molecule has 0 amide bonds. The first-order valence-electron chi connectivity index (χ1n) is 6.76. The fourth-order valence-corrected chi connectivity index (χ4v) is 2.37. The molecule has 0 bridgehead atoms. The number of carbonyl (C=O) groups excluding carboxylic acids is 1. The smallest absolute Gasteiger partial charge is 0.341 e. The summed E-state index contributed by atoms with van der Waals surface area (Å²) in [6.07, 6.45) is 2.62. The first kappa shape index (κ1) is 13.8. The van der Waals surface area contributed by atoms with Crippen molar-refractivity contribution in [3.63, 3.8) is 0 Å². The topological polar surface area (TPSA) is 68.5 Å². The molecule has 104 valence electrons. The maximum absolute atomic E-state index is 11.9. The predicted octanol–water partition coefficient (Wildman–Crippen LogP) is 1.43. The average Bonchev–Trinajstić information content (AvgIpc) is 2.42. The van der Waals surface area contributed by atoms with Crippen LogP contribution in [0.2, 0.25) is 0 Å². The molecule has 5 heteroatoms. The average molecular weight is 263 g/mol. The van der Waals surface area contributed by atoms with Crippen molar-refractivity contribution < 1.29 is 9.53 Å². The molecular formula is C14H21N3O2. The van der Waals surface area contributed by atoms with Gasteiger partial charge >= 0.3 is 5.97 Å². The number of aromatic nitrogens is 1. The van der Waals surface area contributed by atoms with Crippen molar-refractivity contribution in [3.05, 3.63) is 23.9 Å². The summed E-state index contributed by atoms with van der Waals surface area (Å²) in [5.41, 5.74) is 6.56. The summed E-state index contributed by atoms with van der Waals surface area (Å²) >= 11 is 0. The number of nitrogens with two attached hydrogens (primary N) is 1. The quantitative estimate of drug-likeness (QED) is 0.836. The van der Waals surface area contributed by atoms with Gasteiger partial charge in [-0.3, -0.25) is 0 Å². The zero-order valence-corrected chi connectivity index (χ0v) is 11.5. The molecule has 2 heterocycles. The van der Waals surface area contributed by atoms with E-state index in [2.05, 4.69) is 16.8 Å². The summed E-state index contributed by atoms with van der Waals surface area (Å²) in [5.74, 6) is 0.790. The number of esters is 1. The Hall–Kier alpha value is -1.62. The molecule has 5 nitrogen and oxygen atoms in total. The molecule has 1 aliphatic rings. The molecule has 0 aliphatic carbocycles. The number of hydrogen-bond donors (Lipinski definition) is 1. The number of hydrogen-bond acceptors (Lipinski definition) is 5. The third-order valence-electron chi connectivity index (χ3n) is 3.55. The maximum Gasteiger partial charge on any atom is 0.341 e. The molecule has 2 rings (SSSR count). The van der Waals surface area contributed by atoms with Crippen molar-refractivity contribution in [1.82, 2.24) is 4.98 Å². The van der Waals surface area contributed by atoms with Gasteiger partial charge in [0.05, 0.1) is 6.61 Å². The fourth-order valence-electron chi connectivity index (χ4n) is 2.37. The van der Waals surface area contributed by atoms with E-state index in [1.165, 1.54) is 0 Å². The van der Waals surface area contributed by atoms with Crippen molar-refractivity contribution in [2.24, 2.45) is 11.7 Å². The zero-order chi connectivity index (χ0) is 13.8. The third-order valence-corrected chi connectivity index (χ3v) is 3.55. The Morgan fingerprint density at radius 2 is 2.42 bits per heavy atom. The Kier molecular flexibility index (Phi) is 4.37. The van der Waals surface area contributed by atoms with Crippen LogP contribution < -0.4 is 10.6 Å². The summed E-state index contributed by atoms with van der Waals surface area (Å²) in [7, 11) is 0. The lowest BCUT2D eigenvalue weighted by Gasteiger charge is -2.36. The standard InChI is InChI=1S/C14H21N3O2/c1-3-19-14(18)11-5-4-7-16-13(11)17-8-6-12(15)10(2)9-17/h4-5,7,10,12H,3,6,8-9,15H2,1-2H3. The Morgan fingerprint density at radius 1 is 1.63 bits per heavy atom. The number of anilines is 1. The minimum absolute atomic E-state index is 0.228. The van der Waals surface area contributed by atoms with Crippen LogP contribution in [0.5, 0.6) is 0 Å². The van der Waals surface area contributed by atoms with Crippen molar-refractivity contribution in [2.75, 3.05) is 24.6 Å². The largest absolute Gasteiger partial charge is 0.462 e. The highest BCUT2D eigenvalue weighted by Crippen LogP contribution is 2.24. The highest BCUT2D eigenvalue weighted by molar-refractivity contribution is 5.94. The predicted molar refractivity (Wildman–Crippen MR) is 74.2 cm³/mol. The zero-order valence-electron chi connectivity index (χ0n) is 11.5. The second-order valence-electron chi connectivity index (χ2n) is 4.97. The van der Waals surface area contributed by atoms with Gasteiger partial charge in [-0.25, -0.2) is 9.78 Å². The van der Waals surface area contributed by atoms with Gasteiger partial charge in [0, 0.05) is 25.3 Å². The molecular weight excluding hydrogens is 242 g/mol. The molecule has 1 aliphatic heterocycles. The van der Waals surface area contributed by atoms with Crippen LogP contribution in [0.3, 0.4) is 0 Å². The van der Waals surface area contributed by atoms with E-state index in [1.54, 1.807) is 25.3 Å². The molecule has 1 saturated heterocycles. The van der Waals surface area contributed by atoms with E-state index < -0.39 is 0 Å². The maximum atomic E-state index is 11.9. The van der Waals surface area contributed by atoms with Crippen LogP contribution in [0.15, 0.2) is 18.3 Å². The lowest BCUT2D eigenvalue weighted by atomic mass is 9.94. The van der Waals surface area contributed by atoms with E-state index in [9.17, 15) is 4.79 Å². The molecule has 1 fully saturated rings. The number of pyridine rings is 1. The minimum atomic E-state index is -0.312. The number of carbonyl (C=O) groups is 1. The van der Waals surface area contributed by atoms with Crippen molar-refractivity contribution in [3.8, 4) is 0 Å². The van der Waals surface area contributed by atoms with Gasteiger partial charge in [-0.05, 0) is 31.4 Å². The molecule has 0 saturated carbocycles. The normalized spacial score (nSPS) is 23.2. The Labute approximate surface area is 113 Å². The van der Waals surface area contributed by atoms with Crippen molar-refractivity contribution in [2.45, 2.75) is 26.3 Å². The number of ether oxygens (including phenoxy) is 1. The first-order chi connectivity index (χ1) is 9.13. The van der Waals surface area contributed by atoms with Crippen molar-refractivity contribution >= 4 is 11.8 Å². The number of piperidine rings is 1. The minimum Gasteiger partial charge on any atom is -0.462 e. The molecule has 1 aromatic heterocycles. The first-order valence-corrected chi connectivity index (χ1v) is 6.76. The van der Waals surface area contributed by atoms with Gasteiger partial charge in [0.2, 0.25) is 0 Å². The van der Waals surface area contributed by atoms with Crippen molar-refractivity contribution in [1.29, 1.82) is 0 Å². The fraction of sp³-hybridized carbons (Fsp3) is 0.571. The van der Waals surface area contributed by atoms with E-state index in [0.29, 0.717) is 23.9 Å². The summed E-state index contributed by atoms with van der Waals surface area (Å²) in [6, 6.07) is 3.75. The van der Waals surface area contributed by atoms with Crippen LogP contribution in [-0.4, -0.2) is 36.7 Å². The van der Waals surface area contributed by atoms with Crippen LogP contribution in [0.4, 0.5) is 5.82 Å². The Morgan fingerprint density at radius 3 is 3.11 bits per heavy atom. The van der Waals surface area contributed by atoms with E-state index >= 15 is 0 Å². The van der Waals surface area contributed by atoms with Crippen LogP contribution in [0.25, 0.3) is 0 Å². The summed E-state index contributed by atoms with van der Waals surface area (Å²) in [6.45, 7) is 5.95. The van der Waals surface area contributed by atoms with Crippen LogP contribution in [-0.2, 0) is 4.74 Å². The van der Waals surface area contributed by atoms with E-state index in [1.807, 2.05) is 0 Å². The second-order valence-corrected chi connectivity index (χ2v) is 4.97. The lowest BCUT2D eigenvalue weighted by molar-refractivity contribution is 0.0526. The van der Waals surface area contributed by atoms with Gasteiger partial charge in [0.1, 0.15) is 11.4 Å². The molecule has 0 radical (unpaired) electrons. The van der Waals surface area contributed by atoms with Gasteiger partial charge < -0.3 is 15.4 Å². The SMILES string of the molecule is CCOC(=O)c1cccnc1N1CCC(N)C(C)C1. The molecule has 0 aromatic carbocycles. The van der Waals surface area contributed by atoms with Gasteiger partial charge in [-0.2, -0.15) is 0 Å². The van der Waals surface area contributed by atoms with Crippen LogP contribution in [0, 0.1) is 5.92 Å². The number of nitrogens with zero attached hydrogens (tertiary/aromatic N) is 2. The highest BCUT2D eigenvalue weighted by atomic mass is 16.5. The van der Waals surface area contributed by atoms with Gasteiger partial charge in [-0.1, -0.05) is 6.92 Å². The Bertz CT molecular complexity index is 450. The molecule has 19 heavy (non-hydrogen) atoms. The van der Waals surface area contributed by atoms with E-state index in [0.717, 1.165) is 19.5 Å². The summed E-state index contributed by atoms with van der Waals surface area (Å²) in [4.78, 5) is 18.4. The molecule has 1 aromatic rings. The molecule has 2 unspecified atom stereocenters. The van der Waals surface area contributed by atoms with E-state index in [4.69, 9.17) is 10.5 Å². The lowest BCUT2D eigenvalue weighted by Crippen LogP contribution is -2.46. The molecule has 2 N–H and O–H groups in total. The summed E-state index contributed by atoms with van der Waals surface area (Å²) < 4.78 is 5.08. The summed E-state index contributed by atoms with van der Waals surface area (Å²) in [5, 5.41) is 0. The second kappa shape index (κ2) is 6.02. The van der Waals surface area contributed by atoms with Crippen LogP contribution >= 0.6 is 0 Å². The van der Waals surface area contributed by atoms with Crippen LogP contribution in [0.1, 0.15) is 30.6 Å². The third kappa shape index (κ3) is 3.04. The highest BCUT2D eigenvalue weighted by Gasteiger charge is 2.26. The monoisotopic (exact) mass is 263 g/mol. The van der Waals surface area contributed by atoms with Gasteiger partial charge in [0.25, 0.3) is 0 Å². The van der Waals surface area contributed by atoms with E-state index in [-0.39, 0.29) is 12.0 Å².